The van der Waals surface area contributed by atoms with Gasteiger partial charge in [-0.3, -0.25) is 9.80 Å². The van der Waals surface area contributed by atoms with Gasteiger partial charge in [0.25, 0.3) is 0 Å². The van der Waals surface area contributed by atoms with Crippen LogP contribution in [0.15, 0.2) is 72.3 Å². The van der Waals surface area contributed by atoms with Crippen LogP contribution in [0.25, 0.3) is 114 Å². The smallest absolute Gasteiger partial charge is 0.119 e. The van der Waals surface area contributed by atoms with Gasteiger partial charge in [0.15, 0.2) is 0 Å². The number of likely N-dealkylation sites (tertiary alicyclic amines) is 1. The van der Waals surface area contributed by atoms with Crippen molar-refractivity contribution in [3.8, 4) is 421 Å². The second-order valence-corrected chi connectivity index (χ2v) is 33.5. The lowest BCUT2D eigenvalue weighted by molar-refractivity contribution is 0.0518. The Labute approximate surface area is 847 Å². The topological polar surface area (TPSA) is 34.2 Å². The molecule has 0 bridgehead atoms. The molecule has 1 aliphatic heterocycles. The second kappa shape index (κ2) is 44.8. The molecule has 12 aromatic carbocycles. The average Bonchev–Trinajstić information content (AvgIpc) is 1.43. The minimum atomic E-state index is -0.00332. The zero-order chi connectivity index (χ0) is 99.5. The average molecular weight is 1820 g/mol. The molecule has 0 saturated carbocycles. The van der Waals surface area contributed by atoms with Crippen molar-refractivity contribution in [2.45, 2.75) is 89.6 Å². The summed E-state index contributed by atoms with van der Waals surface area (Å²) >= 11 is 0. The van der Waals surface area contributed by atoms with E-state index in [2.05, 4.69) is 520 Å². The molecule has 1 heterocycles. The van der Waals surface area contributed by atoms with Crippen molar-refractivity contribution in [3.05, 3.63) is 138 Å². The number of rotatable bonds is 13. The maximum absolute atomic E-state index is 6.22. The summed E-state index contributed by atoms with van der Waals surface area (Å²) in [5.41, 5.74) is 19.0. The molecule has 5 nitrogen and oxygen atoms in total. The molecule has 5 heteroatoms. The van der Waals surface area contributed by atoms with Gasteiger partial charge < -0.3 is 14.2 Å². The Hall–Kier alpha value is -21.7. The molecular weight excluding hydrogens is 1760 g/mol. The molecular formula is C140H62N2O3. The number of terminal acetylenes is 2. The lowest BCUT2D eigenvalue weighted by Crippen LogP contribution is -2.43. The number of nitrogens with zero attached hydrogens (tertiary/aromatic N) is 2. The normalized spacial score (nSPS) is 13.6. The van der Waals surface area contributed by atoms with Crippen LogP contribution in [-0.2, 0) is 47.0 Å². The predicted molar refractivity (Wildman–Crippen MR) is 584 cm³/mol. The molecule has 7 aliphatic carbocycles. The molecule has 1 fully saturated rings. The quantitative estimate of drug-likeness (QED) is 0.0497. The minimum Gasteiger partial charge on any atom is -0.490 e. The van der Waals surface area contributed by atoms with Crippen LogP contribution in [0.3, 0.4) is 0 Å². The first-order chi connectivity index (χ1) is 71.7. The lowest BCUT2D eigenvalue weighted by atomic mass is 9.60. The van der Waals surface area contributed by atoms with Crippen molar-refractivity contribution < 1.29 is 14.2 Å². The highest BCUT2D eigenvalue weighted by Gasteiger charge is 2.62. The van der Waals surface area contributed by atoms with E-state index in [0.717, 1.165) is 57.7 Å². The van der Waals surface area contributed by atoms with Crippen LogP contribution in [0.2, 0.25) is 0 Å². The van der Waals surface area contributed by atoms with Gasteiger partial charge in [-0.05, 0) is 349 Å². The Morgan fingerprint density at radius 2 is 0.821 bits per heavy atom. The van der Waals surface area contributed by atoms with Gasteiger partial charge in [-0.25, -0.2) is 0 Å². The Bertz CT molecular complexity index is 10300. The molecule has 1 spiro atoms. The predicted octanol–water partition coefficient (Wildman–Crippen LogP) is 12.8. The molecule has 12 aromatic rings. The Morgan fingerprint density at radius 3 is 1.25 bits per heavy atom. The van der Waals surface area contributed by atoms with E-state index in [1.165, 1.54) is 40.5 Å². The van der Waals surface area contributed by atoms with Gasteiger partial charge in [-0.2, -0.15) is 0 Å². The number of allylic oxidation sites excluding steroid dienone is 1. The van der Waals surface area contributed by atoms with Crippen LogP contribution in [-0.4, -0.2) is 70.0 Å². The number of fused-ring (bicyclic) bond motifs is 2. The van der Waals surface area contributed by atoms with E-state index in [1.807, 2.05) is 0 Å². The van der Waals surface area contributed by atoms with Crippen LogP contribution in [0.5, 0.6) is 5.75 Å². The number of hydrogen-bond acceptors (Lipinski definition) is 5. The summed E-state index contributed by atoms with van der Waals surface area (Å²) in [7, 11) is 4.15. The van der Waals surface area contributed by atoms with Crippen LogP contribution in [0.4, 0.5) is 0 Å². The molecule has 8 aliphatic rings. The Kier molecular flexibility index (Phi) is 29.0. The van der Waals surface area contributed by atoms with Crippen molar-refractivity contribution in [2.24, 2.45) is 5.92 Å². The van der Waals surface area contributed by atoms with Crippen LogP contribution < -0.4 is 20.4 Å². The highest BCUT2D eigenvalue weighted by Crippen LogP contribution is 2.70. The monoisotopic (exact) mass is 1820 g/mol. The summed E-state index contributed by atoms with van der Waals surface area (Å²) in [6.45, 7) is 14.7. The third kappa shape index (κ3) is 19.2. The second-order valence-electron chi connectivity index (χ2n) is 33.5. The molecule has 145 heavy (non-hydrogen) atoms. The summed E-state index contributed by atoms with van der Waals surface area (Å²) < 4.78 is 16.8. The minimum absolute atomic E-state index is 0.00332. The lowest BCUT2D eigenvalue weighted by Gasteiger charge is -2.43. The molecule has 0 radical (unpaired) electrons. The summed E-state index contributed by atoms with van der Waals surface area (Å²) in [5, 5.41) is 34.4. The van der Waals surface area contributed by atoms with E-state index in [9.17, 15) is 0 Å². The fourth-order valence-corrected chi connectivity index (χ4v) is 21.0. The summed E-state index contributed by atoms with van der Waals surface area (Å²) in [6, 6.07) is 25.1. The Morgan fingerprint density at radius 1 is 0.407 bits per heavy atom. The van der Waals surface area contributed by atoms with Crippen molar-refractivity contribution in [2.75, 3.05) is 60.2 Å². The molecule has 5 atom stereocenters. The molecule has 0 amide bonds. The van der Waals surface area contributed by atoms with Gasteiger partial charge in [0.2, 0.25) is 0 Å². The summed E-state index contributed by atoms with van der Waals surface area (Å²) in [5.74, 6) is 170. The number of ether oxygens (including phenoxy) is 3. The van der Waals surface area contributed by atoms with Crippen molar-refractivity contribution in [1.29, 1.82) is 0 Å². The molecule has 0 aromatic heterocycles. The Balaban J connectivity index is 0.000000161. The number of methoxy groups -OCH3 is 1. The fourth-order valence-electron chi connectivity index (χ4n) is 21.0. The van der Waals surface area contributed by atoms with E-state index in [0.29, 0.717) is 43.7 Å². The highest BCUT2D eigenvalue weighted by molar-refractivity contribution is 6.60. The SMILES string of the molecule is C#CC#CC#CC#CC#CC#CC#CC#CC#CC#CC#CC#CC#CC#CC#CC#CC#CC#CC#CC#CC#CC#CC#CC#CC#CC#CC#CC#CC#CC#CC#CC#CC#CC#CC#C.CC(C)=CCOc1ccc(C2N(C)CC3C4=c5c6c7c8c(cc9cc%10c%11c%12c%13c%14c(cc%15c%16c(c5c5c6c6c8c9c%11c6c%13c5c%16%14)=C(C4)C%15)=CC%12C%10)CC732)cc1.CCN(CCOCCOC)C(C)c1ccc2c(c1)CC2. The molecule has 5 unspecified atom stereocenters. The van der Waals surface area contributed by atoms with Crippen LogP contribution in [0.1, 0.15) is 102 Å². The number of aryl methyl sites for hydroxylation is 2. The maximum Gasteiger partial charge on any atom is 0.119 e. The van der Waals surface area contributed by atoms with Gasteiger partial charge in [-0.1, -0.05) is 78.3 Å². The van der Waals surface area contributed by atoms with Crippen molar-refractivity contribution >= 4 is 114 Å². The molecule has 650 valence electrons. The maximum atomic E-state index is 6.22. The first-order valence-corrected chi connectivity index (χ1v) is 45.9. The van der Waals surface area contributed by atoms with Gasteiger partial charge in [0, 0.05) is 357 Å². The number of benzene rings is 9. The molecule has 1 saturated heterocycles. The molecule has 20 rings (SSSR count). The van der Waals surface area contributed by atoms with Crippen molar-refractivity contribution in [1.82, 2.24) is 9.80 Å². The van der Waals surface area contributed by atoms with Crippen LogP contribution in [0, 0.1) is 421 Å². The third-order valence-corrected chi connectivity index (χ3v) is 25.8. The zero-order valence-electron chi connectivity index (χ0n) is 79.2. The first kappa shape index (κ1) is 93.7. The van der Waals surface area contributed by atoms with E-state index in [1.54, 1.807) is 159 Å². The van der Waals surface area contributed by atoms with E-state index >= 15 is 0 Å². The highest BCUT2D eigenvalue weighted by atomic mass is 16.5. The van der Waals surface area contributed by atoms with Gasteiger partial charge in [-0.15, -0.1) is 12.8 Å². The summed E-state index contributed by atoms with van der Waals surface area (Å²) in [4.78, 5) is 5.24. The first-order valence-electron chi connectivity index (χ1n) is 45.9. The largest absolute Gasteiger partial charge is 0.490 e. The van der Waals surface area contributed by atoms with Gasteiger partial charge >= 0.3 is 0 Å². The fraction of sp³-hybridized carbons (Fsp3) is 0.171. The van der Waals surface area contributed by atoms with Crippen molar-refractivity contribution in [3.63, 3.8) is 0 Å². The van der Waals surface area contributed by atoms with E-state index in [4.69, 9.17) is 27.1 Å². The standard InChI is InChI=1S/C70H2.C53H33NO.C17H27NO2/c1-3-5-7-9-11-13-15-17-19-21-23-25-27-29-31-33-35-37-39-41-43-45-47-49-51-53-55-57-59-61-63-65-67-69-70-68-66-64-62-60-58-56-54-52-50-48-46-44-42-40-38-36-34-32-30-28-26-24-22-20-18-16-14-12-10-8-6-4-2;1-19(2)8-9-55-28-6-4-20(5-7-28)52-53-17-27-15-25-13-22-10-21-11-24-12-23-14-26-16-29(30(53)18-54(52)3)38-43-34(26)33(23)40-35(24)39-31(21)32(22)41-36(25)42-37(27)51(53)50(38)49-47(42)45(41)44(39)46(40)48(43)49;1-4-18(9-10-20-12-11-19-3)14(2)16-7-5-15-6-8-17(15)13-16/h1-2H;4-8,11-13,15,21,30,52H,9-10,14,16-18H2,1-3H3;5,7,13-14H,4,6,8-12H2,1-3H3. The summed E-state index contributed by atoms with van der Waals surface area (Å²) in [6.07, 6.45) is 21.8. The van der Waals surface area contributed by atoms with Gasteiger partial charge in [0.05, 0.1) is 19.8 Å². The van der Waals surface area contributed by atoms with Gasteiger partial charge in [0.1, 0.15) is 12.4 Å². The van der Waals surface area contributed by atoms with E-state index in [-0.39, 0.29) is 5.41 Å². The number of likely N-dealkylation sites (N-methyl/N-ethyl adjacent to an activating group) is 2. The molecule has 0 N–H and O–H groups in total. The van der Waals surface area contributed by atoms with E-state index < -0.39 is 0 Å². The third-order valence-electron chi connectivity index (χ3n) is 25.8. The zero-order valence-corrected chi connectivity index (χ0v) is 79.2. The number of hydrogen-bond donors (Lipinski definition) is 0. The van der Waals surface area contributed by atoms with Crippen LogP contribution >= 0.6 is 0 Å².